The van der Waals surface area contributed by atoms with Crippen LogP contribution in [0.4, 0.5) is 4.39 Å². The van der Waals surface area contributed by atoms with Gasteiger partial charge in [-0.2, -0.15) is 0 Å². The molecular weight excluding hydrogens is 459 g/mol. The second kappa shape index (κ2) is 9.73. The lowest BCUT2D eigenvalue weighted by Crippen LogP contribution is -2.41. The first-order chi connectivity index (χ1) is 15.0. The topological polar surface area (TPSA) is 51.0 Å². The van der Waals surface area contributed by atoms with E-state index in [-0.39, 0.29) is 23.6 Å². The van der Waals surface area contributed by atoms with Gasteiger partial charge in [0.05, 0.1) is 0 Å². The molecule has 0 aliphatic heterocycles. The quantitative estimate of drug-likeness (QED) is 0.434. The molecule has 1 aliphatic rings. The van der Waals surface area contributed by atoms with E-state index >= 15 is 0 Å². The van der Waals surface area contributed by atoms with Crippen molar-refractivity contribution in [3.63, 3.8) is 0 Å². The maximum Gasteiger partial charge on any atom is 0.294 e. The summed E-state index contributed by atoms with van der Waals surface area (Å²) < 4.78 is 16.2. The first kappa shape index (κ1) is 21.7. The Balaban J connectivity index is 1.65. The molecule has 1 aliphatic carbocycles. The Labute approximate surface area is 190 Å². The maximum absolute atomic E-state index is 14.7. The molecule has 0 bridgehead atoms. The fourth-order valence-corrected chi connectivity index (χ4v) is 4.58. The number of halogens is 2. The number of nitrogens with zero attached hydrogens (tertiary/aromatic N) is 4. The van der Waals surface area contributed by atoms with E-state index in [0.717, 1.165) is 42.4 Å². The summed E-state index contributed by atoms with van der Waals surface area (Å²) in [6, 6.07) is 13.1. The molecule has 31 heavy (non-hydrogen) atoms. The average Bonchev–Trinajstić information content (AvgIpc) is 3.25. The lowest BCUT2D eigenvalue weighted by atomic mass is 9.93. The van der Waals surface area contributed by atoms with Crippen molar-refractivity contribution in [2.24, 2.45) is 7.05 Å². The molecule has 0 saturated heterocycles. The van der Waals surface area contributed by atoms with E-state index in [1.807, 2.05) is 35.2 Å². The second-order valence-electron chi connectivity index (χ2n) is 8.11. The van der Waals surface area contributed by atoms with Crippen LogP contribution in [-0.2, 0) is 18.9 Å². The number of hydrogen-bond acceptors (Lipinski definition) is 3. The minimum Gasteiger partial charge on any atom is -0.329 e. The van der Waals surface area contributed by atoms with Gasteiger partial charge in [-0.1, -0.05) is 65.5 Å². The Morgan fingerprint density at radius 3 is 2.68 bits per heavy atom. The second-order valence-corrected chi connectivity index (χ2v) is 8.68. The molecule has 1 heterocycles. The summed E-state index contributed by atoms with van der Waals surface area (Å²) in [4.78, 5) is 19.3. The monoisotopic (exact) mass is 484 g/mol. The number of carbonyl (C=O) groups excluding carboxylic acids is 1. The van der Waals surface area contributed by atoms with Crippen LogP contribution in [0.25, 0.3) is 11.1 Å². The van der Waals surface area contributed by atoms with E-state index in [9.17, 15) is 9.18 Å². The van der Waals surface area contributed by atoms with Crippen molar-refractivity contribution in [1.29, 1.82) is 0 Å². The smallest absolute Gasteiger partial charge is 0.294 e. The number of aromatic nitrogens is 3. The first-order valence-electron chi connectivity index (χ1n) is 10.7. The first-order valence-corrected chi connectivity index (χ1v) is 11.8. The molecule has 2 aromatic carbocycles. The molecule has 1 aromatic heterocycles. The highest BCUT2D eigenvalue weighted by molar-refractivity contribution is 9.08. The van der Waals surface area contributed by atoms with Crippen molar-refractivity contribution in [2.75, 3.05) is 0 Å². The molecule has 0 N–H and O–H groups in total. The van der Waals surface area contributed by atoms with Gasteiger partial charge in [-0.25, -0.2) is 9.37 Å². The summed E-state index contributed by atoms with van der Waals surface area (Å²) in [7, 11) is 1.75. The minimum atomic E-state index is -0.266. The van der Waals surface area contributed by atoms with Crippen LogP contribution < -0.4 is 0 Å². The Morgan fingerprint density at radius 1 is 1.16 bits per heavy atom. The van der Waals surface area contributed by atoms with E-state index < -0.39 is 0 Å². The molecule has 1 saturated carbocycles. The molecule has 0 spiro atoms. The van der Waals surface area contributed by atoms with Gasteiger partial charge in [-0.3, -0.25) is 9.48 Å². The zero-order chi connectivity index (χ0) is 21.8. The molecule has 162 valence electrons. The van der Waals surface area contributed by atoms with Crippen molar-refractivity contribution < 1.29 is 9.18 Å². The van der Waals surface area contributed by atoms with Gasteiger partial charge < -0.3 is 4.90 Å². The number of carbonyl (C=O) groups is 1. The van der Waals surface area contributed by atoms with Crippen molar-refractivity contribution >= 4 is 21.8 Å². The van der Waals surface area contributed by atoms with Gasteiger partial charge in [0.25, 0.3) is 5.91 Å². The molecule has 0 unspecified atom stereocenters. The highest BCUT2D eigenvalue weighted by atomic mass is 79.9. The number of amides is 1. The van der Waals surface area contributed by atoms with E-state index in [1.54, 1.807) is 24.1 Å². The average molecular weight is 485 g/mol. The fourth-order valence-electron chi connectivity index (χ4n) is 4.24. The third kappa shape index (κ3) is 5.03. The number of rotatable bonds is 6. The third-order valence-corrected chi connectivity index (χ3v) is 6.49. The number of alkyl halides is 1. The molecule has 0 radical (unpaired) electrons. The lowest BCUT2D eigenvalue weighted by molar-refractivity contribution is 0.0601. The van der Waals surface area contributed by atoms with E-state index in [0.29, 0.717) is 17.4 Å². The van der Waals surface area contributed by atoms with Crippen LogP contribution in [0.2, 0.25) is 0 Å². The predicted molar refractivity (Wildman–Crippen MR) is 122 cm³/mol. The van der Waals surface area contributed by atoms with Gasteiger partial charge >= 0.3 is 0 Å². The maximum atomic E-state index is 14.7. The SMILES string of the molecule is Cn1cnc(C(=O)N(Cc2ccc(F)c(-c3cccc(CBr)c3)c2)C2CCCCC2)n1. The zero-order valence-electron chi connectivity index (χ0n) is 17.6. The van der Waals surface area contributed by atoms with Crippen molar-refractivity contribution in [2.45, 2.75) is 50.0 Å². The van der Waals surface area contributed by atoms with Crippen LogP contribution in [0.5, 0.6) is 0 Å². The Hall–Kier alpha value is -2.54. The van der Waals surface area contributed by atoms with Gasteiger partial charge in [0.1, 0.15) is 12.1 Å². The highest BCUT2D eigenvalue weighted by Crippen LogP contribution is 2.29. The van der Waals surface area contributed by atoms with Gasteiger partial charge in [-0.15, -0.1) is 5.10 Å². The molecular formula is C24H26BrFN4O. The lowest BCUT2D eigenvalue weighted by Gasteiger charge is -2.34. The van der Waals surface area contributed by atoms with Crippen LogP contribution in [0.1, 0.15) is 53.8 Å². The van der Waals surface area contributed by atoms with Crippen LogP contribution in [0.15, 0.2) is 48.8 Å². The predicted octanol–water partition coefficient (Wildman–Crippen LogP) is 5.49. The number of benzene rings is 2. The molecule has 4 rings (SSSR count). The van der Waals surface area contributed by atoms with Crippen LogP contribution in [0.3, 0.4) is 0 Å². The molecule has 7 heteroatoms. The largest absolute Gasteiger partial charge is 0.329 e. The third-order valence-electron chi connectivity index (χ3n) is 5.84. The van der Waals surface area contributed by atoms with E-state index in [2.05, 4.69) is 26.0 Å². The van der Waals surface area contributed by atoms with Crippen molar-refractivity contribution in [3.8, 4) is 11.1 Å². The summed E-state index contributed by atoms with van der Waals surface area (Å²) in [5, 5.41) is 4.93. The van der Waals surface area contributed by atoms with Crippen molar-refractivity contribution in [3.05, 3.63) is 71.6 Å². The summed E-state index contributed by atoms with van der Waals surface area (Å²) in [5.74, 6) is -0.225. The summed E-state index contributed by atoms with van der Waals surface area (Å²) >= 11 is 3.46. The van der Waals surface area contributed by atoms with Gasteiger partial charge in [-0.05, 0) is 41.7 Å². The number of hydrogen-bond donors (Lipinski definition) is 0. The van der Waals surface area contributed by atoms with Gasteiger partial charge in [0.2, 0.25) is 5.82 Å². The van der Waals surface area contributed by atoms with Crippen LogP contribution in [-0.4, -0.2) is 31.6 Å². The van der Waals surface area contributed by atoms with Crippen molar-refractivity contribution in [1.82, 2.24) is 19.7 Å². The Morgan fingerprint density at radius 2 is 1.97 bits per heavy atom. The Bertz CT molecular complexity index is 1060. The summed E-state index contributed by atoms with van der Waals surface area (Å²) in [5.41, 5.74) is 3.36. The molecule has 1 amide bonds. The van der Waals surface area contributed by atoms with E-state index in [1.165, 1.54) is 12.5 Å². The van der Waals surface area contributed by atoms with Crippen LogP contribution in [0, 0.1) is 5.82 Å². The van der Waals surface area contributed by atoms with E-state index in [4.69, 9.17) is 0 Å². The minimum absolute atomic E-state index is 0.148. The molecule has 1 fully saturated rings. The van der Waals surface area contributed by atoms with Gasteiger partial charge in [0.15, 0.2) is 0 Å². The molecule has 5 nitrogen and oxygen atoms in total. The molecule has 0 atom stereocenters. The summed E-state index contributed by atoms with van der Waals surface area (Å²) in [6.45, 7) is 0.410. The van der Waals surface area contributed by atoms with Crippen LogP contribution >= 0.6 is 15.9 Å². The Kier molecular flexibility index (Phi) is 6.80. The number of aryl methyl sites for hydroxylation is 1. The highest BCUT2D eigenvalue weighted by Gasteiger charge is 2.28. The van der Waals surface area contributed by atoms with Gasteiger partial charge in [0, 0.05) is 30.5 Å². The fraction of sp³-hybridized carbons (Fsp3) is 0.375. The standard InChI is InChI=1S/C24H26BrFN4O/c1-29-16-27-23(28-29)24(31)30(20-8-3-2-4-9-20)15-18-10-11-22(26)21(13-18)19-7-5-6-17(12-19)14-25/h5-7,10-13,16,20H,2-4,8-9,14-15H2,1H3. The normalized spacial score (nSPS) is 14.5. The molecule has 3 aromatic rings. The zero-order valence-corrected chi connectivity index (χ0v) is 19.2. The summed E-state index contributed by atoms with van der Waals surface area (Å²) in [6.07, 6.45) is 6.90.